The van der Waals surface area contributed by atoms with E-state index in [-0.39, 0.29) is 0 Å². The third-order valence-corrected chi connectivity index (χ3v) is 2.90. The van der Waals surface area contributed by atoms with Crippen LogP contribution < -0.4 is 0 Å². The van der Waals surface area contributed by atoms with Crippen LogP contribution >= 0.6 is 24.2 Å². The van der Waals surface area contributed by atoms with E-state index in [0.717, 1.165) is 21.0 Å². The summed E-state index contributed by atoms with van der Waals surface area (Å²) in [5.74, 6) is 0.299. The lowest BCUT2D eigenvalue weighted by molar-refractivity contribution is 0.469. The fraction of sp³-hybridized carbons (Fsp3) is 0.0769. The largest absolute Gasteiger partial charge is 0.508 e. The molecule has 2 aromatic rings. The maximum absolute atomic E-state index is 9.69. The fourth-order valence-corrected chi connectivity index (χ4v) is 1.89. The first kappa shape index (κ1) is 11.4. The monoisotopic (exact) mass is 250 g/mol. The highest BCUT2D eigenvalue weighted by molar-refractivity contribution is 7.80. The highest BCUT2D eigenvalue weighted by atomic mass is 35.5. The SMILES string of the molecule is Oc1ccc(S)cc1Cc1ccc(Cl)cc1. The number of rotatable bonds is 2. The van der Waals surface area contributed by atoms with Crippen molar-refractivity contribution >= 4 is 24.2 Å². The Labute approximate surface area is 105 Å². The fourth-order valence-electron chi connectivity index (χ4n) is 1.54. The summed E-state index contributed by atoms with van der Waals surface area (Å²) >= 11 is 10.1. The van der Waals surface area contributed by atoms with Gasteiger partial charge in [0.25, 0.3) is 0 Å². The third-order valence-electron chi connectivity index (χ3n) is 2.37. The third kappa shape index (κ3) is 2.71. The van der Waals surface area contributed by atoms with Gasteiger partial charge in [0.05, 0.1) is 0 Å². The molecule has 0 aromatic heterocycles. The van der Waals surface area contributed by atoms with E-state index in [1.54, 1.807) is 12.1 Å². The molecule has 2 rings (SSSR count). The molecule has 0 atom stereocenters. The van der Waals surface area contributed by atoms with Crippen LogP contribution in [0.5, 0.6) is 5.75 Å². The maximum Gasteiger partial charge on any atom is 0.119 e. The van der Waals surface area contributed by atoms with Crippen LogP contribution in [0.4, 0.5) is 0 Å². The van der Waals surface area contributed by atoms with Gasteiger partial charge in [-0.1, -0.05) is 23.7 Å². The van der Waals surface area contributed by atoms with Crippen LogP contribution in [-0.4, -0.2) is 5.11 Å². The van der Waals surface area contributed by atoms with Crippen LogP contribution in [0.15, 0.2) is 47.4 Å². The van der Waals surface area contributed by atoms with Crippen molar-refractivity contribution in [2.45, 2.75) is 11.3 Å². The lowest BCUT2D eigenvalue weighted by Gasteiger charge is -2.05. The smallest absolute Gasteiger partial charge is 0.119 e. The molecule has 0 unspecified atom stereocenters. The van der Waals surface area contributed by atoms with E-state index in [1.807, 2.05) is 30.3 Å². The topological polar surface area (TPSA) is 20.2 Å². The molecule has 0 saturated carbocycles. The quantitative estimate of drug-likeness (QED) is 0.774. The van der Waals surface area contributed by atoms with Gasteiger partial charge in [-0.05, 0) is 41.5 Å². The highest BCUT2D eigenvalue weighted by Crippen LogP contribution is 2.23. The zero-order chi connectivity index (χ0) is 11.5. The Bertz CT molecular complexity index is 494. The molecule has 0 amide bonds. The van der Waals surface area contributed by atoms with Crippen molar-refractivity contribution in [3.63, 3.8) is 0 Å². The van der Waals surface area contributed by atoms with E-state index in [0.29, 0.717) is 12.2 Å². The van der Waals surface area contributed by atoms with Crippen molar-refractivity contribution in [3.05, 3.63) is 58.6 Å². The van der Waals surface area contributed by atoms with Crippen LogP contribution in [0.25, 0.3) is 0 Å². The number of thiol groups is 1. The van der Waals surface area contributed by atoms with Crippen molar-refractivity contribution in [2.75, 3.05) is 0 Å². The number of benzene rings is 2. The summed E-state index contributed by atoms with van der Waals surface area (Å²) in [4.78, 5) is 0.849. The van der Waals surface area contributed by atoms with Gasteiger partial charge in [0.1, 0.15) is 5.75 Å². The number of hydrogen-bond acceptors (Lipinski definition) is 2. The van der Waals surface area contributed by atoms with Gasteiger partial charge in [0, 0.05) is 16.3 Å². The first-order valence-corrected chi connectivity index (χ1v) is 5.73. The van der Waals surface area contributed by atoms with Gasteiger partial charge >= 0.3 is 0 Å². The van der Waals surface area contributed by atoms with Crippen molar-refractivity contribution in [1.82, 2.24) is 0 Å². The second-order valence-corrected chi connectivity index (χ2v) is 4.57. The molecule has 0 aliphatic carbocycles. The van der Waals surface area contributed by atoms with Crippen molar-refractivity contribution in [1.29, 1.82) is 0 Å². The molecule has 0 radical (unpaired) electrons. The van der Waals surface area contributed by atoms with E-state index >= 15 is 0 Å². The Hall–Kier alpha value is -1.12. The Kier molecular flexibility index (Phi) is 3.42. The Balaban J connectivity index is 2.26. The van der Waals surface area contributed by atoms with Gasteiger partial charge in [-0.3, -0.25) is 0 Å². The average Bonchev–Trinajstić information content (AvgIpc) is 2.27. The Morgan fingerprint density at radius 2 is 1.75 bits per heavy atom. The second kappa shape index (κ2) is 4.81. The van der Waals surface area contributed by atoms with E-state index < -0.39 is 0 Å². The number of hydrogen-bond donors (Lipinski definition) is 2. The van der Waals surface area contributed by atoms with Crippen LogP contribution in [0.3, 0.4) is 0 Å². The molecule has 3 heteroatoms. The van der Waals surface area contributed by atoms with E-state index in [4.69, 9.17) is 11.6 Å². The standard InChI is InChI=1S/C13H11ClOS/c14-11-3-1-9(2-4-11)7-10-8-12(16)5-6-13(10)15/h1-6,8,15-16H,7H2. The molecular weight excluding hydrogens is 240 g/mol. The molecule has 0 aliphatic heterocycles. The molecule has 0 fully saturated rings. The second-order valence-electron chi connectivity index (χ2n) is 3.62. The van der Waals surface area contributed by atoms with Gasteiger partial charge in [0.15, 0.2) is 0 Å². The number of aromatic hydroxyl groups is 1. The predicted molar refractivity (Wildman–Crippen MR) is 69.6 cm³/mol. The van der Waals surface area contributed by atoms with Gasteiger partial charge in [0.2, 0.25) is 0 Å². The lowest BCUT2D eigenvalue weighted by atomic mass is 10.0. The molecule has 1 nitrogen and oxygen atoms in total. The summed E-state index contributed by atoms with van der Waals surface area (Å²) in [6, 6.07) is 12.9. The summed E-state index contributed by atoms with van der Waals surface area (Å²) in [5.41, 5.74) is 1.98. The van der Waals surface area contributed by atoms with Crippen LogP contribution in [-0.2, 0) is 6.42 Å². The number of phenolic OH excluding ortho intramolecular Hbond substituents is 1. The van der Waals surface area contributed by atoms with Crippen LogP contribution in [0.1, 0.15) is 11.1 Å². The molecule has 0 spiro atoms. The minimum Gasteiger partial charge on any atom is -0.508 e. The Morgan fingerprint density at radius 3 is 2.44 bits per heavy atom. The first-order chi connectivity index (χ1) is 7.65. The van der Waals surface area contributed by atoms with Crippen molar-refractivity contribution < 1.29 is 5.11 Å². The first-order valence-electron chi connectivity index (χ1n) is 4.90. The zero-order valence-electron chi connectivity index (χ0n) is 8.52. The van der Waals surface area contributed by atoms with Crippen molar-refractivity contribution in [3.8, 4) is 5.75 Å². The van der Waals surface area contributed by atoms with Crippen molar-refractivity contribution in [2.24, 2.45) is 0 Å². The molecule has 82 valence electrons. The van der Waals surface area contributed by atoms with Gasteiger partial charge in [-0.25, -0.2) is 0 Å². The molecule has 0 heterocycles. The van der Waals surface area contributed by atoms with E-state index in [1.165, 1.54) is 0 Å². The van der Waals surface area contributed by atoms with Crippen LogP contribution in [0, 0.1) is 0 Å². The number of halogens is 1. The average molecular weight is 251 g/mol. The maximum atomic E-state index is 9.69. The summed E-state index contributed by atoms with van der Waals surface area (Å²) in [7, 11) is 0. The lowest BCUT2D eigenvalue weighted by Crippen LogP contribution is -1.88. The number of phenols is 1. The highest BCUT2D eigenvalue weighted by Gasteiger charge is 2.03. The van der Waals surface area contributed by atoms with Gasteiger partial charge in [-0.15, -0.1) is 12.6 Å². The normalized spacial score (nSPS) is 10.4. The summed E-state index contributed by atoms with van der Waals surface area (Å²) in [6.45, 7) is 0. The molecule has 0 bridgehead atoms. The van der Waals surface area contributed by atoms with Gasteiger partial charge < -0.3 is 5.11 Å². The summed E-state index contributed by atoms with van der Waals surface area (Å²) < 4.78 is 0. The van der Waals surface area contributed by atoms with E-state index in [9.17, 15) is 5.11 Å². The molecular formula is C13H11ClOS. The predicted octanol–water partition coefficient (Wildman–Crippen LogP) is 3.93. The zero-order valence-corrected chi connectivity index (χ0v) is 10.2. The Morgan fingerprint density at radius 1 is 1.06 bits per heavy atom. The minimum absolute atomic E-state index is 0.299. The summed E-state index contributed by atoms with van der Waals surface area (Å²) in [5, 5.41) is 10.4. The molecule has 16 heavy (non-hydrogen) atoms. The minimum atomic E-state index is 0.299. The van der Waals surface area contributed by atoms with Crippen LogP contribution in [0.2, 0.25) is 5.02 Å². The molecule has 0 aliphatic rings. The molecule has 0 saturated heterocycles. The molecule has 2 aromatic carbocycles. The summed E-state index contributed by atoms with van der Waals surface area (Å²) in [6.07, 6.45) is 0.678. The molecule has 1 N–H and O–H groups in total. The van der Waals surface area contributed by atoms with E-state index in [2.05, 4.69) is 12.6 Å². The van der Waals surface area contributed by atoms with Gasteiger partial charge in [-0.2, -0.15) is 0 Å².